The highest BCUT2D eigenvalue weighted by Crippen LogP contribution is 2.26. The van der Waals surface area contributed by atoms with Crippen molar-refractivity contribution in [2.75, 3.05) is 11.1 Å². The van der Waals surface area contributed by atoms with E-state index in [4.69, 9.17) is 5.73 Å². The molecule has 3 N–H and O–H groups in total. The van der Waals surface area contributed by atoms with Crippen LogP contribution in [-0.4, -0.2) is 9.91 Å². The Balaban J connectivity index is 2.37. The summed E-state index contributed by atoms with van der Waals surface area (Å²) in [5, 5.41) is 13.8. The van der Waals surface area contributed by atoms with Crippen LogP contribution in [0.15, 0.2) is 36.5 Å². The molecule has 1 heterocycles. The van der Waals surface area contributed by atoms with Crippen LogP contribution in [0.5, 0.6) is 0 Å². The molecule has 0 spiro atoms. The van der Waals surface area contributed by atoms with E-state index in [9.17, 15) is 10.1 Å². The number of nitrogen functional groups attached to an aromatic ring is 1. The van der Waals surface area contributed by atoms with Crippen molar-refractivity contribution >= 4 is 22.9 Å². The van der Waals surface area contributed by atoms with Crippen molar-refractivity contribution < 1.29 is 4.92 Å². The van der Waals surface area contributed by atoms with E-state index in [2.05, 4.69) is 10.3 Å². The van der Waals surface area contributed by atoms with E-state index < -0.39 is 4.92 Å². The lowest BCUT2D eigenvalue weighted by atomic mass is 10.2. The Kier molecular flexibility index (Phi) is 3.09. The number of nitrogens with zero attached hydrogens (tertiary/aromatic N) is 2. The van der Waals surface area contributed by atoms with Crippen LogP contribution in [0.3, 0.4) is 0 Å². The standard InChI is InChI=1S/C12H12N4O2/c1-8-5-11(16(17)18)12(14-7-8)15-10-4-2-3-9(13)6-10/h2-7H,13H2,1H3,(H,14,15). The van der Waals surface area contributed by atoms with Crippen molar-refractivity contribution in [3.63, 3.8) is 0 Å². The number of aromatic nitrogens is 1. The summed E-state index contributed by atoms with van der Waals surface area (Å²) in [6.07, 6.45) is 1.57. The van der Waals surface area contributed by atoms with E-state index in [0.717, 1.165) is 5.56 Å². The fraction of sp³-hybridized carbons (Fsp3) is 0.0833. The highest BCUT2D eigenvalue weighted by molar-refractivity contribution is 5.67. The lowest BCUT2D eigenvalue weighted by Gasteiger charge is -2.07. The number of nitro groups is 1. The monoisotopic (exact) mass is 244 g/mol. The van der Waals surface area contributed by atoms with Crippen LogP contribution in [0, 0.1) is 17.0 Å². The molecule has 0 amide bonds. The van der Waals surface area contributed by atoms with Gasteiger partial charge in [0.25, 0.3) is 0 Å². The summed E-state index contributed by atoms with van der Waals surface area (Å²) in [6.45, 7) is 1.75. The molecule has 0 bridgehead atoms. The van der Waals surface area contributed by atoms with Gasteiger partial charge >= 0.3 is 5.69 Å². The first-order valence-corrected chi connectivity index (χ1v) is 5.30. The zero-order chi connectivity index (χ0) is 13.1. The molecule has 1 aromatic heterocycles. The minimum absolute atomic E-state index is 0.0579. The molecule has 92 valence electrons. The van der Waals surface area contributed by atoms with Crippen LogP contribution in [0.25, 0.3) is 0 Å². The minimum atomic E-state index is -0.464. The topological polar surface area (TPSA) is 94.1 Å². The van der Waals surface area contributed by atoms with Gasteiger partial charge in [0.15, 0.2) is 0 Å². The van der Waals surface area contributed by atoms with E-state index in [-0.39, 0.29) is 11.5 Å². The first kappa shape index (κ1) is 11.8. The molecule has 6 heteroatoms. The Morgan fingerprint density at radius 2 is 2.17 bits per heavy atom. The predicted molar refractivity (Wildman–Crippen MR) is 69.8 cm³/mol. The molecular weight excluding hydrogens is 232 g/mol. The molecule has 6 nitrogen and oxygen atoms in total. The number of aryl methyl sites for hydroxylation is 1. The summed E-state index contributed by atoms with van der Waals surface area (Å²) >= 11 is 0. The Hall–Kier alpha value is -2.63. The van der Waals surface area contributed by atoms with E-state index in [1.54, 1.807) is 37.4 Å². The van der Waals surface area contributed by atoms with Crippen LogP contribution < -0.4 is 11.1 Å². The lowest BCUT2D eigenvalue weighted by Crippen LogP contribution is -2.00. The Labute approximate surface area is 104 Å². The molecule has 0 saturated heterocycles. The second-order valence-electron chi connectivity index (χ2n) is 3.89. The third-order valence-electron chi connectivity index (χ3n) is 2.35. The van der Waals surface area contributed by atoms with Crippen molar-refractivity contribution in [1.29, 1.82) is 0 Å². The Morgan fingerprint density at radius 3 is 2.83 bits per heavy atom. The van der Waals surface area contributed by atoms with Gasteiger partial charge in [0.05, 0.1) is 4.92 Å². The summed E-state index contributed by atoms with van der Waals surface area (Å²) in [5.41, 5.74) is 7.56. The number of pyridine rings is 1. The van der Waals surface area contributed by atoms with Gasteiger partial charge in [0, 0.05) is 23.6 Å². The van der Waals surface area contributed by atoms with Gasteiger partial charge in [-0.15, -0.1) is 0 Å². The molecule has 0 aliphatic carbocycles. The Morgan fingerprint density at radius 1 is 1.39 bits per heavy atom. The maximum absolute atomic E-state index is 10.9. The Bertz CT molecular complexity index is 598. The highest BCUT2D eigenvalue weighted by atomic mass is 16.6. The summed E-state index contributed by atoms with van der Waals surface area (Å²) in [5.74, 6) is 0.205. The first-order chi connectivity index (χ1) is 8.56. The number of benzene rings is 1. The second-order valence-corrected chi connectivity index (χ2v) is 3.89. The predicted octanol–water partition coefficient (Wildman–Crippen LogP) is 2.62. The molecule has 2 aromatic rings. The molecule has 0 aliphatic rings. The van der Waals surface area contributed by atoms with Crippen molar-refractivity contribution in [1.82, 2.24) is 4.98 Å². The van der Waals surface area contributed by atoms with Crippen molar-refractivity contribution in [3.8, 4) is 0 Å². The maximum atomic E-state index is 10.9. The molecule has 0 saturated carbocycles. The van der Waals surface area contributed by atoms with Crippen LogP contribution in [0.2, 0.25) is 0 Å². The van der Waals surface area contributed by atoms with Gasteiger partial charge in [-0.05, 0) is 30.7 Å². The van der Waals surface area contributed by atoms with Crippen LogP contribution in [-0.2, 0) is 0 Å². The number of hydrogen-bond donors (Lipinski definition) is 2. The molecule has 0 atom stereocenters. The quantitative estimate of drug-likeness (QED) is 0.491. The van der Waals surface area contributed by atoms with Crippen LogP contribution >= 0.6 is 0 Å². The molecular formula is C12H12N4O2. The van der Waals surface area contributed by atoms with Crippen molar-refractivity contribution in [3.05, 3.63) is 52.2 Å². The molecule has 0 aliphatic heterocycles. The number of nitrogens with two attached hydrogens (primary N) is 1. The van der Waals surface area contributed by atoms with E-state index in [1.165, 1.54) is 6.07 Å². The number of hydrogen-bond acceptors (Lipinski definition) is 5. The van der Waals surface area contributed by atoms with Gasteiger partial charge < -0.3 is 11.1 Å². The zero-order valence-corrected chi connectivity index (χ0v) is 9.75. The van der Waals surface area contributed by atoms with Gasteiger partial charge in [0.2, 0.25) is 5.82 Å². The van der Waals surface area contributed by atoms with Gasteiger partial charge in [-0.1, -0.05) is 6.07 Å². The van der Waals surface area contributed by atoms with Gasteiger partial charge in [-0.25, -0.2) is 4.98 Å². The van der Waals surface area contributed by atoms with E-state index in [0.29, 0.717) is 11.4 Å². The number of anilines is 3. The van der Waals surface area contributed by atoms with E-state index in [1.807, 2.05) is 0 Å². The molecule has 0 unspecified atom stereocenters. The normalized spacial score (nSPS) is 10.1. The number of rotatable bonds is 3. The minimum Gasteiger partial charge on any atom is -0.399 e. The molecule has 0 radical (unpaired) electrons. The molecule has 0 fully saturated rings. The van der Waals surface area contributed by atoms with Crippen LogP contribution in [0.1, 0.15) is 5.56 Å². The second kappa shape index (κ2) is 4.70. The highest BCUT2D eigenvalue weighted by Gasteiger charge is 2.15. The third kappa shape index (κ3) is 2.54. The smallest absolute Gasteiger partial charge is 0.311 e. The lowest BCUT2D eigenvalue weighted by molar-refractivity contribution is -0.384. The number of nitrogens with one attached hydrogen (secondary N) is 1. The summed E-state index contributed by atoms with van der Waals surface area (Å²) in [6, 6.07) is 8.42. The van der Waals surface area contributed by atoms with Gasteiger partial charge in [0.1, 0.15) is 0 Å². The average Bonchev–Trinajstić information content (AvgIpc) is 2.31. The summed E-state index contributed by atoms with van der Waals surface area (Å²) < 4.78 is 0. The van der Waals surface area contributed by atoms with E-state index >= 15 is 0 Å². The fourth-order valence-corrected chi connectivity index (χ4v) is 1.54. The first-order valence-electron chi connectivity index (χ1n) is 5.30. The molecule has 18 heavy (non-hydrogen) atoms. The largest absolute Gasteiger partial charge is 0.399 e. The SMILES string of the molecule is Cc1cnc(Nc2cccc(N)c2)c([N+](=O)[O-])c1. The summed E-state index contributed by atoms with van der Waals surface area (Å²) in [4.78, 5) is 14.5. The molecule has 2 rings (SSSR count). The van der Waals surface area contributed by atoms with Gasteiger partial charge in [-0.3, -0.25) is 10.1 Å². The zero-order valence-electron chi connectivity index (χ0n) is 9.75. The van der Waals surface area contributed by atoms with Crippen molar-refractivity contribution in [2.45, 2.75) is 6.92 Å². The maximum Gasteiger partial charge on any atom is 0.311 e. The third-order valence-corrected chi connectivity index (χ3v) is 2.35. The average molecular weight is 244 g/mol. The van der Waals surface area contributed by atoms with Crippen LogP contribution in [0.4, 0.5) is 22.9 Å². The van der Waals surface area contributed by atoms with Crippen molar-refractivity contribution in [2.24, 2.45) is 0 Å². The fourth-order valence-electron chi connectivity index (χ4n) is 1.54. The molecule has 1 aromatic carbocycles. The van der Waals surface area contributed by atoms with Gasteiger partial charge in [-0.2, -0.15) is 0 Å². The summed E-state index contributed by atoms with van der Waals surface area (Å²) in [7, 11) is 0.